The average Bonchev–Trinajstić information content (AvgIpc) is 3.08. The van der Waals surface area contributed by atoms with Gasteiger partial charge in [0.1, 0.15) is 17.7 Å². The Labute approximate surface area is 129 Å². The Morgan fingerprint density at radius 3 is 2.71 bits per heavy atom. The van der Waals surface area contributed by atoms with Crippen molar-refractivity contribution in [3.8, 4) is 10.6 Å². The van der Waals surface area contributed by atoms with E-state index in [1.807, 2.05) is 35.8 Å². The number of aliphatic hydroxyl groups is 1. The molecule has 5 N–H and O–H groups in total. The fourth-order valence-electron chi connectivity index (χ4n) is 2.86. The van der Waals surface area contributed by atoms with Crippen molar-refractivity contribution in [3.05, 3.63) is 41.4 Å². The van der Waals surface area contributed by atoms with E-state index < -0.39 is 0 Å². The lowest BCUT2D eigenvalue weighted by Crippen LogP contribution is -2.97. The number of aliphatic hydroxyl groups excluding tert-OH is 1. The lowest BCUT2D eigenvalue weighted by Gasteiger charge is -2.20. The summed E-state index contributed by atoms with van der Waals surface area (Å²) in [6.07, 6.45) is 3.92. The molecule has 0 saturated carbocycles. The summed E-state index contributed by atoms with van der Waals surface area (Å²) in [5, 5.41) is 18.0. The summed E-state index contributed by atoms with van der Waals surface area (Å²) in [4.78, 5) is 4.31. The van der Waals surface area contributed by atoms with Crippen molar-refractivity contribution in [2.24, 2.45) is 0 Å². The monoisotopic (exact) mass is 305 g/mol. The Balaban J connectivity index is 1.55. The molecule has 21 heavy (non-hydrogen) atoms. The molecule has 1 atom stereocenters. The molecule has 1 fully saturated rings. The number of quaternary nitrogens is 2. The van der Waals surface area contributed by atoms with E-state index >= 15 is 0 Å². The van der Waals surface area contributed by atoms with Crippen LogP contribution in [-0.2, 0) is 0 Å². The van der Waals surface area contributed by atoms with Gasteiger partial charge in [-0.05, 0) is 5.56 Å². The summed E-state index contributed by atoms with van der Waals surface area (Å²) in [6, 6.07) is 8.81. The molecule has 1 saturated heterocycles. The minimum Gasteiger partial charge on any atom is -0.382 e. The van der Waals surface area contributed by atoms with Gasteiger partial charge in [-0.3, -0.25) is 0 Å². The highest BCUT2D eigenvalue weighted by molar-refractivity contribution is 7.13. The lowest BCUT2D eigenvalue weighted by molar-refractivity contribution is -0.735. The number of piperidine rings is 1. The predicted molar refractivity (Wildman–Crippen MR) is 84.0 cm³/mol. The Kier molecular flexibility index (Phi) is 4.98. The van der Waals surface area contributed by atoms with Gasteiger partial charge in [0.25, 0.3) is 0 Å². The summed E-state index contributed by atoms with van der Waals surface area (Å²) in [5.41, 5.74) is 2.11. The molecule has 0 bridgehead atoms. The Bertz CT molecular complexity index is 535. The van der Waals surface area contributed by atoms with Crippen molar-refractivity contribution in [2.75, 3.05) is 19.6 Å². The zero-order valence-electron chi connectivity index (χ0n) is 12.1. The van der Waals surface area contributed by atoms with Crippen LogP contribution in [0.1, 0.15) is 24.5 Å². The summed E-state index contributed by atoms with van der Waals surface area (Å²) >= 11 is 1.64. The maximum Gasteiger partial charge on any atom is 0.128 e. The fraction of sp³-hybridized carbons (Fsp3) is 0.438. The van der Waals surface area contributed by atoms with E-state index in [4.69, 9.17) is 0 Å². The molecule has 112 valence electrons. The third-order valence-corrected chi connectivity index (χ3v) is 4.97. The zero-order valence-corrected chi connectivity index (χ0v) is 12.9. The van der Waals surface area contributed by atoms with Crippen molar-refractivity contribution in [1.29, 1.82) is 0 Å². The summed E-state index contributed by atoms with van der Waals surface area (Å²) in [5.74, 6) is 0. The first-order valence-corrected chi connectivity index (χ1v) is 8.54. The highest BCUT2D eigenvalue weighted by Gasteiger charge is 2.20. The molecule has 1 aromatic heterocycles. The van der Waals surface area contributed by atoms with Crippen molar-refractivity contribution in [2.45, 2.75) is 25.0 Å². The minimum atomic E-state index is -0.388. The molecule has 1 unspecified atom stereocenters. The van der Waals surface area contributed by atoms with Crippen LogP contribution < -0.4 is 10.6 Å². The number of nitrogens with two attached hydrogens (primary N) is 2. The van der Waals surface area contributed by atoms with Crippen LogP contribution in [0, 0.1) is 0 Å². The zero-order chi connectivity index (χ0) is 14.5. The molecule has 1 aliphatic heterocycles. The van der Waals surface area contributed by atoms with Crippen molar-refractivity contribution in [1.82, 2.24) is 4.98 Å². The number of hydrogen-bond donors (Lipinski definition) is 3. The van der Waals surface area contributed by atoms with Gasteiger partial charge in [0.15, 0.2) is 0 Å². The number of hydrogen-bond acceptors (Lipinski definition) is 3. The molecule has 0 amide bonds. The van der Waals surface area contributed by atoms with Crippen molar-refractivity contribution in [3.63, 3.8) is 0 Å². The van der Waals surface area contributed by atoms with E-state index in [1.54, 1.807) is 11.3 Å². The minimum absolute atomic E-state index is 0.388. The molecular formula is C16H23N3OS+2. The van der Waals surface area contributed by atoms with E-state index in [1.165, 1.54) is 25.9 Å². The van der Waals surface area contributed by atoms with E-state index in [9.17, 15) is 5.11 Å². The van der Waals surface area contributed by atoms with E-state index in [-0.39, 0.29) is 6.10 Å². The quantitative estimate of drug-likeness (QED) is 0.735. The smallest absolute Gasteiger partial charge is 0.128 e. The Morgan fingerprint density at radius 2 is 2.05 bits per heavy atom. The maximum atomic E-state index is 10.3. The largest absolute Gasteiger partial charge is 0.382 e. The average molecular weight is 305 g/mol. The summed E-state index contributed by atoms with van der Waals surface area (Å²) in [6.45, 7) is 3.20. The standard InChI is InChI=1S/C16H21N3OS/c20-15(11-19-14-5-7-17-8-6-14)12-1-3-13(4-2-12)16-18-9-10-21-16/h1-4,9-10,14-15,17,19-20H,5-8,11H2/p+2. The van der Waals surface area contributed by atoms with Crippen LogP contribution in [0.3, 0.4) is 0 Å². The summed E-state index contributed by atoms with van der Waals surface area (Å²) < 4.78 is 0. The van der Waals surface area contributed by atoms with Gasteiger partial charge in [0, 0.05) is 30.0 Å². The van der Waals surface area contributed by atoms with Crippen molar-refractivity contribution >= 4 is 11.3 Å². The van der Waals surface area contributed by atoms with Gasteiger partial charge in [0.05, 0.1) is 19.1 Å². The van der Waals surface area contributed by atoms with Crippen LogP contribution in [0.2, 0.25) is 0 Å². The second-order valence-corrected chi connectivity index (χ2v) is 6.54. The molecule has 2 heterocycles. The molecule has 1 aliphatic rings. The van der Waals surface area contributed by atoms with E-state index in [2.05, 4.69) is 15.6 Å². The Hall–Kier alpha value is -1.27. The van der Waals surface area contributed by atoms with Gasteiger partial charge < -0.3 is 15.7 Å². The first kappa shape index (κ1) is 14.7. The van der Waals surface area contributed by atoms with Crippen LogP contribution >= 0.6 is 11.3 Å². The van der Waals surface area contributed by atoms with Gasteiger partial charge in [-0.2, -0.15) is 0 Å². The van der Waals surface area contributed by atoms with E-state index in [0.29, 0.717) is 6.04 Å². The molecule has 0 aliphatic carbocycles. The van der Waals surface area contributed by atoms with Gasteiger partial charge in [-0.15, -0.1) is 11.3 Å². The first-order chi connectivity index (χ1) is 10.3. The third-order valence-electron chi connectivity index (χ3n) is 4.15. The summed E-state index contributed by atoms with van der Waals surface area (Å²) in [7, 11) is 0. The van der Waals surface area contributed by atoms with Gasteiger partial charge in [-0.25, -0.2) is 4.98 Å². The topological polar surface area (TPSA) is 66.3 Å². The molecule has 0 spiro atoms. The van der Waals surface area contributed by atoms with Crippen LogP contribution in [0.15, 0.2) is 35.8 Å². The molecule has 4 nitrogen and oxygen atoms in total. The van der Waals surface area contributed by atoms with Gasteiger partial charge >= 0.3 is 0 Å². The van der Waals surface area contributed by atoms with Crippen LogP contribution in [0.5, 0.6) is 0 Å². The molecule has 1 aromatic carbocycles. The number of nitrogens with zero attached hydrogens (tertiary/aromatic N) is 1. The van der Waals surface area contributed by atoms with Gasteiger partial charge in [0.2, 0.25) is 0 Å². The third kappa shape index (κ3) is 3.89. The molecule has 0 radical (unpaired) electrons. The first-order valence-electron chi connectivity index (χ1n) is 7.66. The number of benzene rings is 1. The molecule has 3 rings (SSSR count). The van der Waals surface area contributed by atoms with E-state index in [0.717, 1.165) is 22.7 Å². The highest BCUT2D eigenvalue weighted by Crippen LogP contribution is 2.23. The van der Waals surface area contributed by atoms with Gasteiger partial charge in [-0.1, -0.05) is 24.3 Å². The second-order valence-electron chi connectivity index (χ2n) is 5.65. The van der Waals surface area contributed by atoms with Crippen molar-refractivity contribution < 1.29 is 15.7 Å². The number of thiazole rings is 1. The van der Waals surface area contributed by atoms with Crippen LogP contribution in [0.4, 0.5) is 0 Å². The number of aromatic nitrogens is 1. The Morgan fingerprint density at radius 1 is 1.29 bits per heavy atom. The molecule has 5 heteroatoms. The SMILES string of the molecule is OC(C[NH2+]C1CC[NH2+]CC1)c1ccc(-c2nccs2)cc1. The molecular weight excluding hydrogens is 282 g/mol. The predicted octanol–water partition coefficient (Wildman–Crippen LogP) is 0.133. The normalized spacial score (nSPS) is 17.8. The maximum absolute atomic E-state index is 10.3. The lowest BCUT2D eigenvalue weighted by atomic mass is 10.0. The highest BCUT2D eigenvalue weighted by atomic mass is 32.1. The second kappa shape index (κ2) is 7.13. The number of rotatable bonds is 5. The fourth-order valence-corrected chi connectivity index (χ4v) is 3.50. The molecule has 2 aromatic rings. The van der Waals surface area contributed by atoms with Crippen LogP contribution in [-0.4, -0.2) is 35.8 Å². The van der Waals surface area contributed by atoms with Crippen LogP contribution in [0.25, 0.3) is 10.6 Å².